The fourth-order valence-corrected chi connectivity index (χ4v) is 4.29. The van der Waals surface area contributed by atoms with Gasteiger partial charge in [-0.25, -0.2) is 8.78 Å². The van der Waals surface area contributed by atoms with Crippen molar-refractivity contribution in [2.24, 2.45) is 11.8 Å². The smallest absolute Gasteiger partial charge is 0.187 e. The van der Waals surface area contributed by atoms with Crippen LogP contribution in [0.15, 0.2) is 42.5 Å². The highest BCUT2D eigenvalue weighted by Crippen LogP contribution is 2.31. The van der Waals surface area contributed by atoms with Crippen LogP contribution in [-0.4, -0.2) is 41.4 Å². The summed E-state index contributed by atoms with van der Waals surface area (Å²) in [4.78, 5) is 2.28. The van der Waals surface area contributed by atoms with Crippen LogP contribution in [0, 0.1) is 23.5 Å². The number of aryl methyl sites for hydroxylation is 1. The van der Waals surface area contributed by atoms with Crippen molar-refractivity contribution >= 4 is 0 Å². The monoisotopic (exact) mass is 389 g/mol. The molecule has 3 atom stereocenters. The van der Waals surface area contributed by atoms with Gasteiger partial charge >= 0.3 is 0 Å². The zero-order chi connectivity index (χ0) is 20.1. The average molecular weight is 389 g/mol. The van der Waals surface area contributed by atoms with E-state index in [0.29, 0.717) is 18.0 Å². The number of rotatable bonds is 8. The van der Waals surface area contributed by atoms with E-state index < -0.39 is 17.4 Å². The van der Waals surface area contributed by atoms with E-state index >= 15 is 0 Å². The second-order valence-electron chi connectivity index (χ2n) is 8.03. The van der Waals surface area contributed by atoms with Gasteiger partial charge in [-0.05, 0) is 60.3 Å². The summed E-state index contributed by atoms with van der Waals surface area (Å²) in [5, 5.41) is 19.0. The van der Waals surface area contributed by atoms with Crippen LogP contribution in [-0.2, 0) is 6.42 Å². The van der Waals surface area contributed by atoms with Crippen molar-refractivity contribution in [1.82, 2.24) is 4.90 Å². The molecular weight excluding hydrogens is 360 g/mol. The Kier molecular flexibility index (Phi) is 7.03. The molecule has 0 radical (unpaired) electrons. The maximum absolute atomic E-state index is 13.6. The first-order chi connectivity index (χ1) is 13.5. The maximum Gasteiger partial charge on any atom is 0.187 e. The molecule has 5 heteroatoms. The van der Waals surface area contributed by atoms with Gasteiger partial charge in [-0.2, -0.15) is 0 Å². The SMILES string of the molecule is CC(CN1C[C@@H](CCCc2ccccc2)[C@@H](CO)C1)c1cc(F)c(O)c(F)c1. The summed E-state index contributed by atoms with van der Waals surface area (Å²) < 4.78 is 27.3. The van der Waals surface area contributed by atoms with E-state index in [1.165, 1.54) is 17.7 Å². The Morgan fingerprint density at radius 2 is 1.71 bits per heavy atom. The molecule has 1 fully saturated rings. The molecule has 152 valence electrons. The predicted molar refractivity (Wildman–Crippen MR) is 106 cm³/mol. The number of halogens is 2. The van der Waals surface area contributed by atoms with Gasteiger partial charge in [0.25, 0.3) is 0 Å². The van der Waals surface area contributed by atoms with Crippen LogP contribution in [0.2, 0.25) is 0 Å². The van der Waals surface area contributed by atoms with Crippen LogP contribution in [0.25, 0.3) is 0 Å². The summed E-state index contributed by atoms with van der Waals surface area (Å²) in [5.41, 5.74) is 1.88. The van der Waals surface area contributed by atoms with Gasteiger partial charge in [-0.15, -0.1) is 0 Å². The van der Waals surface area contributed by atoms with Crippen LogP contribution in [0.5, 0.6) is 5.75 Å². The minimum absolute atomic E-state index is 0.0630. The van der Waals surface area contributed by atoms with Crippen molar-refractivity contribution in [2.45, 2.75) is 32.1 Å². The van der Waals surface area contributed by atoms with Crippen molar-refractivity contribution < 1.29 is 19.0 Å². The molecule has 0 aromatic heterocycles. The van der Waals surface area contributed by atoms with Crippen molar-refractivity contribution in [2.75, 3.05) is 26.2 Å². The Hall–Kier alpha value is -1.98. The molecule has 3 nitrogen and oxygen atoms in total. The summed E-state index contributed by atoms with van der Waals surface area (Å²) in [7, 11) is 0. The standard InChI is InChI=1S/C23H29F2NO2/c1-16(19-10-21(24)23(28)22(25)11-19)12-26-13-18(20(14-26)15-27)9-5-8-17-6-3-2-4-7-17/h2-4,6-7,10-11,16,18,20,27-28H,5,8-9,12-15H2,1H3/t16?,18-,20-/m1/s1. The van der Waals surface area contributed by atoms with E-state index in [1.54, 1.807) is 0 Å². The Balaban J connectivity index is 1.54. The second-order valence-corrected chi connectivity index (χ2v) is 8.03. The molecule has 0 bridgehead atoms. The lowest BCUT2D eigenvalue weighted by Crippen LogP contribution is -2.26. The van der Waals surface area contributed by atoms with E-state index in [2.05, 4.69) is 29.2 Å². The summed E-state index contributed by atoms with van der Waals surface area (Å²) in [6, 6.07) is 12.8. The number of hydrogen-bond acceptors (Lipinski definition) is 3. The number of nitrogens with zero attached hydrogens (tertiary/aromatic N) is 1. The molecule has 0 spiro atoms. The Labute approximate surface area is 165 Å². The fourth-order valence-electron chi connectivity index (χ4n) is 4.29. The first-order valence-corrected chi connectivity index (χ1v) is 10.0. The molecule has 28 heavy (non-hydrogen) atoms. The lowest BCUT2D eigenvalue weighted by atomic mass is 9.91. The third-order valence-corrected chi connectivity index (χ3v) is 5.91. The molecule has 1 aliphatic heterocycles. The summed E-state index contributed by atoms with van der Waals surface area (Å²) >= 11 is 0. The molecule has 2 N–H and O–H groups in total. The van der Waals surface area contributed by atoms with Gasteiger partial charge in [-0.1, -0.05) is 37.3 Å². The molecule has 1 saturated heterocycles. The molecule has 3 rings (SSSR count). The Morgan fingerprint density at radius 3 is 2.36 bits per heavy atom. The minimum atomic E-state index is -0.921. The zero-order valence-corrected chi connectivity index (χ0v) is 16.3. The van der Waals surface area contributed by atoms with Crippen LogP contribution >= 0.6 is 0 Å². The molecular formula is C23H29F2NO2. The number of hydrogen-bond donors (Lipinski definition) is 2. The lowest BCUT2D eigenvalue weighted by molar-refractivity contribution is 0.195. The maximum atomic E-state index is 13.6. The van der Waals surface area contributed by atoms with Gasteiger partial charge in [0.05, 0.1) is 0 Å². The molecule has 2 aromatic rings. The predicted octanol–water partition coefficient (Wildman–Crippen LogP) is 4.34. The third-order valence-electron chi connectivity index (χ3n) is 5.91. The van der Waals surface area contributed by atoms with Gasteiger partial charge in [0, 0.05) is 26.2 Å². The topological polar surface area (TPSA) is 43.7 Å². The van der Waals surface area contributed by atoms with Gasteiger partial charge in [-0.3, -0.25) is 0 Å². The largest absolute Gasteiger partial charge is 0.503 e. The van der Waals surface area contributed by atoms with Crippen molar-refractivity contribution in [3.63, 3.8) is 0 Å². The summed E-state index contributed by atoms with van der Waals surface area (Å²) in [6.45, 7) is 4.48. The normalized spacial score (nSPS) is 21.1. The molecule has 0 saturated carbocycles. The Morgan fingerprint density at radius 1 is 1.07 bits per heavy atom. The molecule has 0 amide bonds. The lowest BCUT2D eigenvalue weighted by Gasteiger charge is -2.21. The van der Waals surface area contributed by atoms with E-state index in [1.807, 2.05) is 13.0 Å². The number of aliphatic hydroxyl groups excluding tert-OH is 1. The fraction of sp³-hybridized carbons (Fsp3) is 0.478. The molecule has 1 aliphatic rings. The third kappa shape index (κ3) is 5.09. The zero-order valence-electron chi connectivity index (χ0n) is 16.3. The van der Waals surface area contributed by atoms with E-state index in [0.717, 1.165) is 32.4 Å². The molecule has 0 aliphatic carbocycles. The van der Waals surface area contributed by atoms with Gasteiger partial charge in [0.1, 0.15) is 0 Å². The highest BCUT2D eigenvalue weighted by Gasteiger charge is 2.32. The van der Waals surface area contributed by atoms with Gasteiger partial charge < -0.3 is 15.1 Å². The van der Waals surface area contributed by atoms with E-state index in [4.69, 9.17) is 0 Å². The van der Waals surface area contributed by atoms with Crippen LogP contribution in [0.4, 0.5) is 8.78 Å². The summed E-state index contributed by atoms with van der Waals surface area (Å²) in [5.74, 6) is -2.14. The first kappa shape index (κ1) is 20.7. The molecule has 1 heterocycles. The highest BCUT2D eigenvalue weighted by atomic mass is 19.1. The van der Waals surface area contributed by atoms with E-state index in [-0.39, 0.29) is 18.4 Å². The Bertz CT molecular complexity index is 745. The number of phenolic OH excluding ortho intramolecular Hbond substituents is 1. The van der Waals surface area contributed by atoms with Gasteiger partial charge in [0.15, 0.2) is 17.4 Å². The van der Waals surface area contributed by atoms with Crippen molar-refractivity contribution in [3.8, 4) is 5.75 Å². The second kappa shape index (κ2) is 9.48. The first-order valence-electron chi connectivity index (χ1n) is 10.0. The van der Waals surface area contributed by atoms with Crippen LogP contribution in [0.1, 0.15) is 36.8 Å². The minimum Gasteiger partial charge on any atom is -0.503 e. The van der Waals surface area contributed by atoms with Crippen molar-refractivity contribution in [3.05, 3.63) is 65.2 Å². The number of phenols is 1. The summed E-state index contributed by atoms with van der Waals surface area (Å²) in [6.07, 6.45) is 3.19. The number of likely N-dealkylation sites (tertiary alicyclic amines) is 1. The van der Waals surface area contributed by atoms with Gasteiger partial charge in [0.2, 0.25) is 0 Å². The molecule has 1 unspecified atom stereocenters. The number of benzene rings is 2. The number of aliphatic hydroxyl groups is 1. The van der Waals surface area contributed by atoms with Crippen molar-refractivity contribution in [1.29, 1.82) is 0 Å². The average Bonchev–Trinajstić information content (AvgIpc) is 3.08. The van der Waals surface area contributed by atoms with E-state index in [9.17, 15) is 19.0 Å². The number of aromatic hydroxyl groups is 1. The van der Waals surface area contributed by atoms with Crippen LogP contribution < -0.4 is 0 Å². The van der Waals surface area contributed by atoms with Crippen LogP contribution in [0.3, 0.4) is 0 Å². The molecule has 2 aromatic carbocycles. The highest BCUT2D eigenvalue weighted by molar-refractivity contribution is 5.32. The quantitative estimate of drug-likeness (QED) is 0.706.